The van der Waals surface area contributed by atoms with Gasteiger partial charge in [-0.1, -0.05) is 35.9 Å². The smallest absolute Gasteiger partial charge is 0.188 e. The summed E-state index contributed by atoms with van der Waals surface area (Å²) in [6.45, 7) is 4.02. The molecule has 0 atom stereocenters. The molecule has 25 heavy (non-hydrogen) atoms. The Kier molecular flexibility index (Phi) is 4.19. The number of thioether (sulfide) groups is 1. The Bertz CT molecular complexity index is 1040. The number of para-hydroxylation sites is 1. The molecule has 6 heteroatoms. The van der Waals surface area contributed by atoms with Gasteiger partial charge in [0.25, 0.3) is 0 Å². The molecule has 0 unspecified atom stereocenters. The summed E-state index contributed by atoms with van der Waals surface area (Å²) < 4.78 is 0. The summed E-state index contributed by atoms with van der Waals surface area (Å²) >= 11 is 7.72. The van der Waals surface area contributed by atoms with E-state index in [-0.39, 0.29) is 0 Å². The van der Waals surface area contributed by atoms with Crippen LogP contribution in [0.3, 0.4) is 0 Å². The van der Waals surface area contributed by atoms with Crippen molar-refractivity contribution in [2.75, 3.05) is 0 Å². The van der Waals surface area contributed by atoms with Crippen LogP contribution in [0.1, 0.15) is 16.7 Å². The van der Waals surface area contributed by atoms with Crippen LogP contribution in [0.4, 0.5) is 5.69 Å². The van der Waals surface area contributed by atoms with Gasteiger partial charge in [-0.25, -0.2) is 9.98 Å². The predicted molar refractivity (Wildman–Crippen MR) is 106 cm³/mol. The van der Waals surface area contributed by atoms with Crippen LogP contribution < -0.4 is 5.43 Å². The van der Waals surface area contributed by atoms with E-state index in [4.69, 9.17) is 16.6 Å². The van der Waals surface area contributed by atoms with Gasteiger partial charge in [0.1, 0.15) is 5.03 Å². The van der Waals surface area contributed by atoms with Crippen molar-refractivity contribution in [3.8, 4) is 0 Å². The molecule has 0 fully saturated rings. The lowest BCUT2D eigenvalue weighted by atomic mass is 10.1. The number of aliphatic imine (C=N–C) groups is 1. The number of amidine groups is 1. The Labute approximate surface area is 155 Å². The van der Waals surface area contributed by atoms with Gasteiger partial charge in [0.05, 0.1) is 17.4 Å². The molecule has 0 radical (unpaired) electrons. The number of rotatable bonds is 1. The zero-order valence-corrected chi connectivity index (χ0v) is 15.3. The van der Waals surface area contributed by atoms with Gasteiger partial charge in [0.15, 0.2) is 5.17 Å². The summed E-state index contributed by atoms with van der Waals surface area (Å²) in [5.41, 5.74) is 7.87. The minimum absolute atomic E-state index is 0.691. The van der Waals surface area contributed by atoms with Crippen LogP contribution in [-0.2, 0) is 0 Å². The molecule has 0 saturated heterocycles. The Morgan fingerprint density at radius 2 is 1.96 bits per heavy atom. The number of benzene rings is 2. The zero-order chi connectivity index (χ0) is 17.4. The molecular weight excluding hydrogens is 352 g/mol. The molecule has 2 aromatic carbocycles. The highest BCUT2D eigenvalue weighted by molar-refractivity contribution is 8.13. The highest BCUT2D eigenvalue weighted by Gasteiger charge is 2.15. The molecule has 1 aromatic heterocycles. The fourth-order valence-corrected chi connectivity index (χ4v) is 3.59. The molecule has 2 heterocycles. The maximum Gasteiger partial charge on any atom is 0.188 e. The summed E-state index contributed by atoms with van der Waals surface area (Å²) in [4.78, 5) is 9.50. The lowest BCUT2D eigenvalue weighted by Gasteiger charge is -2.08. The van der Waals surface area contributed by atoms with Crippen LogP contribution >= 0.6 is 23.4 Å². The summed E-state index contributed by atoms with van der Waals surface area (Å²) in [6.07, 6.45) is 1.78. The van der Waals surface area contributed by atoms with E-state index in [1.807, 2.05) is 50.2 Å². The van der Waals surface area contributed by atoms with Crippen molar-refractivity contribution in [2.24, 2.45) is 10.1 Å². The zero-order valence-electron chi connectivity index (χ0n) is 13.7. The number of nitrogens with zero attached hydrogens (tertiary/aromatic N) is 3. The second-order valence-corrected chi connectivity index (χ2v) is 7.19. The molecule has 0 bridgehead atoms. The average Bonchev–Trinajstić information content (AvgIpc) is 2.80. The lowest BCUT2D eigenvalue weighted by molar-refractivity contribution is 1.05. The largest absolute Gasteiger partial charge is 0.255 e. The van der Waals surface area contributed by atoms with E-state index in [1.54, 1.807) is 6.21 Å². The number of aryl methyl sites for hydroxylation is 2. The third-order valence-corrected chi connectivity index (χ3v) is 5.37. The van der Waals surface area contributed by atoms with Gasteiger partial charge >= 0.3 is 0 Å². The number of hydrogen-bond acceptors (Lipinski definition) is 4. The predicted octanol–water partition coefficient (Wildman–Crippen LogP) is 5.22. The summed E-state index contributed by atoms with van der Waals surface area (Å²) in [5.74, 6) is 0. The van der Waals surface area contributed by atoms with E-state index in [0.29, 0.717) is 5.17 Å². The number of aromatic nitrogens is 1. The van der Waals surface area contributed by atoms with Crippen LogP contribution in [0.5, 0.6) is 0 Å². The number of hydrogen-bond donors (Lipinski definition) is 1. The van der Waals surface area contributed by atoms with Crippen molar-refractivity contribution < 1.29 is 0 Å². The molecular formula is C19H15ClN4S. The van der Waals surface area contributed by atoms with E-state index >= 15 is 0 Å². The number of pyridine rings is 1. The molecule has 0 amide bonds. The van der Waals surface area contributed by atoms with E-state index in [1.165, 1.54) is 11.8 Å². The van der Waals surface area contributed by atoms with Crippen molar-refractivity contribution in [3.05, 3.63) is 64.2 Å². The van der Waals surface area contributed by atoms with Crippen LogP contribution in [0, 0.1) is 13.8 Å². The third-order valence-electron chi connectivity index (χ3n) is 4.06. The molecule has 1 aliphatic heterocycles. The maximum atomic E-state index is 6.25. The Hall–Kier alpha value is -2.37. The summed E-state index contributed by atoms with van der Waals surface area (Å²) in [6, 6.07) is 14.0. The van der Waals surface area contributed by atoms with E-state index in [0.717, 1.165) is 43.3 Å². The normalized spacial score (nSPS) is 15.1. The summed E-state index contributed by atoms with van der Waals surface area (Å²) in [5, 5.41) is 7.59. The van der Waals surface area contributed by atoms with Crippen LogP contribution in [-0.4, -0.2) is 16.4 Å². The maximum absolute atomic E-state index is 6.25. The standard InChI is InChI=1S/C19H15ClN4S/c1-11-5-3-4-6-16(11)22-19-24-21-10-14-9-13-7-8-15(20)12(2)17(13)23-18(14)25-19/h3-10H,1-2H3,(H,22,24). The number of nitrogens with one attached hydrogen (secondary N) is 1. The molecule has 1 N–H and O–H groups in total. The van der Waals surface area contributed by atoms with Crippen molar-refractivity contribution in [1.29, 1.82) is 0 Å². The van der Waals surface area contributed by atoms with Gasteiger partial charge in [0, 0.05) is 16.0 Å². The number of fused-ring (bicyclic) bond motifs is 2. The number of halogens is 1. The van der Waals surface area contributed by atoms with E-state index < -0.39 is 0 Å². The summed E-state index contributed by atoms with van der Waals surface area (Å²) in [7, 11) is 0. The molecule has 3 aromatic rings. The van der Waals surface area contributed by atoms with Gasteiger partial charge < -0.3 is 0 Å². The number of hydrazone groups is 1. The Morgan fingerprint density at radius 3 is 2.80 bits per heavy atom. The van der Waals surface area contributed by atoms with Gasteiger partial charge in [-0.2, -0.15) is 5.10 Å². The second-order valence-electron chi connectivity index (χ2n) is 5.80. The first-order valence-electron chi connectivity index (χ1n) is 7.83. The lowest BCUT2D eigenvalue weighted by Crippen LogP contribution is -2.11. The molecule has 4 nitrogen and oxygen atoms in total. The quantitative estimate of drug-likeness (QED) is 0.642. The average molecular weight is 367 g/mol. The van der Waals surface area contributed by atoms with E-state index in [2.05, 4.69) is 21.6 Å². The molecule has 124 valence electrons. The van der Waals surface area contributed by atoms with Crippen LogP contribution in [0.2, 0.25) is 5.02 Å². The van der Waals surface area contributed by atoms with Crippen LogP contribution in [0.25, 0.3) is 10.9 Å². The SMILES string of the molecule is Cc1ccccc1N=C1NN=Cc2cc3ccc(Cl)c(C)c3nc2S1. The highest BCUT2D eigenvalue weighted by Crippen LogP contribution is 2.31. The minimum Gasteiger partial charge on any atom is -0.255 e. The topological polar surface area (TPSA) is 49.6 Å². The minimum atomic E-state index is 0.691. The monoisotopic (exact) mass is 366 g/mol. The van der Waals surface area contributed by atoms with Crippen molar-refractivity contribution in [1.82, 2.24) is 10.4 Å². The first kappa shape index (κ1) is 16.1. The fourth-order valence-electron chi connectivity index (χ4n) is 2.65. The molecule has 1 aliphatic rings. The fraction of sp³-hybridized carbons (Fsp3) is 0.105. The highest BCUT2D eigenvalue weighted by atomic mass is 35.5. The van der Waals surface area contributed by atoms with Crippen LogP contribution in [0.15, 0.2) is 57.6 Å². The van der Waals surface area contributed by atoms with Gasteiger partial charge in [-0.05, 0) is 54.9 Å². The molecule has 0 saturated carbocycles. The molecule has 0 aliphatic carbocycles. The molecule has 0 spiro atoms. The second kappa shape index (κ2) is 6.50. The van der Waals surface area contributed by atoms with Gasteiger partial charge in [0.2, 0.25) is 0 Å². The van der Waals surface area contributed by atoms with Crippen molar-refractivity contribution in [3.63, 3.8) is 0 Å². The Morgan fingerprint density at radius 1 is 1.12 bits per heavy atom. The molecule has 4 rings (SSSR count). The first-order chi connectivity index (χ1) is 12.1. The van der Waals surface area contributed by atoms with Gasteiger partial charge in [-0.15, -0.1) is 0 Å². The third kappa shape index (κ3) is 3.13. The first-order valence-corrected chi connectivity index (χ1v) is 9.02. The Balaban J connectivity index is 1.81. The van der Waals surface area contributed by atoms with E-state index in [9.17, 15) is 0 Å². The van der Waals surface area contributed by atoms with Crippen molar-refractivity contribution >= 4 is 51.3 Å². The van der Waals surface area contributed by atoms with Crippen molar-refractivity contribution in [2.45, 2.75) is 18.9 Å². The van der Waals surface area contributed by atoms with Gasteiger partial charge in [-0.3, -0.25) is 5.43 Å².